The Balaban J connectivity index is 0.000000102. The summed E-state index contributed by atoms with van der Waals surface area (Å²) >= 11 is 5.42. The van der Waals surface area contributed by atoms with Crippen molar-refractivity contribution < 1.29 is 0 Å². The molecule has 0 bridgehead atoms. The zero-order valence-corrected chi connectivity index (χ0v) is 70.1. The first-order chi connectivity index (χ1) is 63.5. The summed E-state index contributed by atoms with van der Waals surface area (Å²) in [5, 5.41) is 15.9. The number of hydrogen-bond donors (Lipinski definition) is 0. The van der Waals surface area contributed by atoms with Gasteiger partial charge in [-0.1, -0.05) is 243 Å². The van der Waals surface area contributed by atoms with E-state index in [2.05, 4.69) is 214 Å². The molecule has 0 aliphatic carbocycles. The van der Waals surface area contributed by atoms with Crippen molar-refractivity contribution >= 4 is 215 Å². The Morgan fingerprint density at radius 1 is 0.203 bits per heavy atom. The predicted molar refractivity (Wildman–Crippen MR) is 527 cm³/mol. The first-order valence-corrected chi connectivity index (χ1v) is 44.5. The molecule has 0 fully saturated rings. The lowest BCUT2D eigenvalue weighted by Crippen LogP contribution is -2.06. The Hall–Kier alpha value is -16.7. The van der Waals surface area contributed by atoms with E-state index in [1.807, 2.05) is 188 Å². The van der Waals surface area contributed by atoms with Crippen LogP contribution in [-0.2, 0) is 0 Å². The van der Waals surface area contributed by atoms with Crippen molar-refractivity contribution in [3.63, 3.8) is 0 Å². The Labute approximate surface area is 739 Å². The fourth-order valence-electron chi connectivity index (χ4n) is 18.9. The Kier molecular flexibility index (Phi) is 16.8. The summed E-state index contributed by atoms with van der Waals surface area (Å²) in [6, 6.07) is 117. The van der Waals surface area contributed by atoms with Crippen molar-refractivity contribution in [2.45, 2.75) is 0 Å². The molecule has 28 rings (SSSR count). The van der Waals surface area contributed by atoms with Gasteiger partial charge in [-0.3, -0.25) is 39.0 Å². The van der Waals surface area contributed by atoms with Gasteiger partial charge in [0, 0.05) is 144 Å². The van der Waals surface area contributed by atoms with E-state index in [0.717, 1.165) is 170 Å². The molecule has 0 unspecified atom stereocenters. The minimum Gasteiger partial charge on any atom is -0.306 e. The van der Waals surface area contributed by atoms with E-state index >= 15 is 0 Å². The molecule has 0 saturated carbocycles. The monoisotopic (exact) mass is 1690 g/mol. The molecule has 19 heteroatoms. The van der Waals surface area contributed by atoms with Gasteiger partial charge in [0.25, 0.3) is 0 Å². The normalized spacial score (nSPS) is 11.9. The van der Waals surface area contributed by atoms with Gasteiger partial charge in [0.15, 0.2) is 17.5 Å². The van der Waals surface area contributed by atoms with Crippen LogP contribution < -0.4 is 0 Å². The maximum atomic E-state index is 5.26. The summed E-state index contributed by atoms with van der Waals surface area (Å²) < 4.78 is 14.0. The quantitative estimate of drug-likeness (QED) is 0.140. The van der Waals surface area contributed by atoms with Gasteiger partial charge in [0.05, 0.1) is 119 Å². The first kappa shape index (κ1) is 72.9. The zero-order valence-electron chi connectivity index (χ0n) is 67.7. The number of thiophene rings is 3. The van der Waals surface area contributed by atoms with Gasteiger partial charge in [-0.15, -0.1) is 34.0 Å². The Morgan fingerprint density at radius 3 is 0.953 bits per heavy atom. The van der Waals surface area contributed by atoms with Gasteiger partial charge in [-0.2, -0.15) is 9.97 Å². The molecule has 0 aliphatic heterocycles. The van der Waals surface area contributed by atoms with Crippen LogP contribution in [0.4, 0.5) is 0 Å². The molecule has 16 nitrogen and oxygen atoms in total. The minimum absolute atomic E-state index is 0.546. The molecular weight excluding hydrogens is 1630 g/mol. The lowest BCUT2D eigenvalue weighted by atomic mass is 10.0. The molecule has 13 aromatic carbocycles. The van der Waals surface area contributed by atoms with Crippen molar-refractivity contribution in [1.29, 1.82) is 0 Å². The third-order valence-electron chi connectivity index (χ3n) is 24.3. The highest BCUT2D eigenvalue weighted by molar-refractivity contribution is 7.28. The highest BCUT2D eigenvalue weighted by atomic mass is 32.1. The Bertz CT molecular complexity index is 9370. The summed E-state index contributed by atoms with van der Waals surface area (Å²) in [7, 11) is 0. The van der Waals surface area contributed by atoms with E-state index in [0.29, 0.717) is 29.4 Å². The third-order valence-corrected chi connectivity index (χ3v) is 27.8. The standard InChI is InChI=1S/C40H23N5S.C35H20N6S.C34H19N5S/c1-3-11-24(12-4-1)35-29-23-26(19-20-30(29)43-40(44-35)25-13-5-2-6-14-25)45-31-17-10-22-42-37(31)34-36-28(16-9-21-41-36)33-27-15-7-8-18-32(27)46-39(33)38(34)45;1-3-11-21(12-4-1)33-38-34(22-13-5-2-6-14-22)40-35(39-33)41-25-17-10-20-37-30(25)28-29-24(16-9-19-36-29)27-23-15-7-8-18-26(23)42-32(27)31(28)41;1-2-10-20(11-3-1)29-21-12-4-6-15-24(21)37-34(38-29)39-25-16-9-19-36-31(25)28-30-23(14-8-18-35-30)27-22-13-5-7-17-26(22)40-33(27)32(28)39/h1-23H;1-20H;1-19H. The summed E-state index contributed by atoms with van der Waals surface area (Å²) in [5.74, 6) is 3.12. The van der Waals surface area contributed by atoms with Crippen LogP contribution >= 0.6 is 34.0 Å². The Morgan fingerprint density at radius 2 is 0.523 bits per heavy atom. The average molecular weight is 1690 g/mol. The second-order valence-electron chi connectivity index (χ2n) is 31.5. The molecule has 0 radical (unpaired) electrons. The molecule has 0 saturated heterocycles. The van der Waals surface area contributed by atoms with Crippen molar-refractivity contribution in [2.75, 3.05) is 0 Å². The number of para-hydroxylation sites is 1. The van der Waals surface area contributed by atoms with Crippen LogP contribution in [0, 0.1) is 0 Å². The van der Waals surface area contributed by atoms with E-state index in [4.69, 9.17) is 64.8 Å². The summed E-state index contributed by atoms with van der Waals surface area (Å²) in [6.45, 7) is 0. The first-order valence-electron chi connectivity index (χ1n) is 42.1. The van der Waals surface area contributed by atoms with Crippen molar-refractivity contribution in [3.8, 4) is 74.3 Å². The van der Waals surface area contributed by atoms with Crippen molar-refractivity contribution in [3.05, 3.63) is 377 Å². The maximum Gasteiger partial charge on any atom is 0.238 e. The zero-order chi connectivity index (χ0) is 84.0. The molecule has 0 amide bonds. The van der Waals surface area contributed by atoms with E-state index in [1.54, 1.807) is 22.7 Å². The molecule has 596 valence electrons. The summed E-state index contributed by atoms with van der Waals surface area (Å²) in [6.07, 6.45) is 11.2. The molecule has 15 heterocycles. The topological polar surface area (TPSA) is 182 Å². The number of hydrogen-bond acceptors (Lipinski definition) is 16. The predicted octanol–water partition coefficient (Wildman–Crippen LogP) is 27.7. The second kappa shape index (κ2) is 29.5. The molecule has 0 aliphatic rings. The van der Waals surface area contributed by atoms with Crippen molar-refractivity contribution in [1.82, 2.24) is 78.5 Å². The third kappa shape index (κ3) is 11.5. The molecule has 0 spiro atoms. The van der Waals surface area contributed by atoms with E-state index in [1.165, 1.54) is 55.8 Å². The van der Waals surface area contributed by atoms with Gasteiger partial charge in [-0.05, 0) is 97.1 Å². The van der Waals surface area contributed by atoms with Gasteiger partial charge in [0.1, 0.15) is 0 Å². The number of rotatable bonds is 8. The van der Waals surface area contributed by atoms with Crippen LogP contribution in [0.2, 0.25) is 0 Å². The smallest absolute Gasteiger partial charge is 0.238 e. The molecule has 28 aromatic rings. The maximum absolute atomic E-state index is 5.26. The summed E-state index contributed by atoms with van der Waals surface area (Å²) in [5.41, 5.74) is 21.3. The van der Waals surface area contributed by atoms with E-state index < -0.39 is 0 Å². The van der Waals surface area contributed by atoms with Crippen molar-refractivity contribution in [2.24, 2.45) is 0 Å². The van der Waals surface area contributed by atoms with Crippen LogP contribution in [0.25, 0.3) is 255 Å². The van der Waals surface area contributed by atoms with Crippen LogP contribution in [-0.4, -0.2) is 78.5 Å². The molecule has 15 aromatic heterocycles. The van der Waals surface area contributed by atoms with Gasteiger partial charge < -0.3 is 4.57 Å². The fraction of sp³-hybridized carbons (Fsp3) is 0. The number of benzene rings is 13. The second-order valence-corrected chi connectivity index (χ2v) is 34.7. The van der Waals surface area contributed by atoms with Crippen LogP contribution in [0.5, 0.6) is 0 Å². The SMILES string of the molecule is c1ccc(-c2nc(-c3ccccc3)c3cc(-n4c5cccnc5c5c6ncccc6c6c7ccccc7sc6c54)ccc3n2)cc1.c1ccc(-c2nc(-c3ccccc3)nc(-n3c4cccnc4c4c5ncccc5c5c6ccccc6sc5c43)n2)cc1.c1ccc(-c2nc(-n3c4cccnc4c4c5ncccc5c5c6ccccc6sc5c43)nc3ccccc23)cc1. The van der Waals surface area contributed by atoms with Gasteiger partial charge in [-0.25, -0.2) is 24.9 Å². The number of nitrogens with zero attached hydrogens (tertiary/aromatic N) is 16. The average Bonchev–Trinajstić information content (AvgIpc) is 1.55. The van der Waals surface area contributed by atoms with E-state index in [-0.39, 0.29) is 0 Å². The molecule has 128 heavy (non-hydrogen) atoms. The lowest BCUT2D eigenvalue weighted by Gasteiger charge is -2.13. The van der Waals surface area contributed by atoms with Gasteiger partial charge >= 0.3 is 0 Å². The highest BCUT2D eigenvalue weighted by Gasteiger charge is 2.30. The number of aromatic nitrogens is 16. The van der Waals surface area contributed by atoms with Crippen LogP contribution in [0.3, 0.4) is 0 Å². The highest BCUT2D eigenvalue weighted by Crippen LogP contribution is 2.52. The fourth-order valence-corrected chi connectivity index (χ4v) is 22.6. The molecule has 0 atom stereocenters. The largest absolute Gasteiger partial charge is 0.306 e. The van der Waals surface area contributed by atoms with Crippen LogP contribution in [0.15, 0.2) is 377 Å². The molecule has 0 N–H and O–H groups in total. The number of fused-ring (bicyclic) bond motifs is 32. The summed E-state index contributed by atoms with van der Waals surface area (Å²) in [4.78, 5) is 65.4. The number of pyridine rings is 6. The van der Waals surface area contributed by atoms with Gasteiger partial charge in [0.2, 0.25) is 11.9 Å². The molecular formula is C109H62N16S3. The lowest BCUT2D eigenvalue weighted by molar-refractivity contribution is 0.955. The minimum atomic E-state index is 0.546. The van der Waals surface area contributed by atoms with Crippen LogP contribution in [0.1, 0.15) is 0 Å². The van der Waals surface area contributed by atoms with E-state index in [9.17, 15) is 0 Å².